The second-order valence-electron chi connectivity index (χ2n) is 8.35. The Bertz CT molecular complexity index is 868. The zero-order valence-corrected chi connectivity index (χ0v) is 22.8. The molecule has 2 amide bonds. The highest BCUT2D eigenvalue weighted by atomic mass is 16.5. The summed E-state index contributed by atoms with van der Waals surface area (Å²) in [5.74, 6) is -2.56. The van der Waals surface area contributed by atoms with E-state index in [0.717, 1.165) is 50.7 Å². The van der Waals surface area contributed by atoms with Crippen LogP contribution in [0.3, 0.4) is 0 Å². The Balaban J connectivity index is 3.96. The lowest BCUT2D eigenvalue weighted by molar-refractivity contribution is -0.142. The van der Waals surface area contributed by atoms with Crippen molar-refractivity contribution < 1.29 is 29.0 Å². The first kappa shape index (κ1) is 34.3. The summed E-state index contributed by atoms with van der Waals surface area (Å²) in [7, 11) is 1.20. The molecule has 0 aliphatic heterocycles. The number of carboxylic acid groups (broad SMARTS) is 1. The quantitative estimate of drug-likeness (QED) is 0.0824. The molecule has 0 saturated heterocycles. The van der Waals surface area contributed by atoms with Crippen LogP contribution in [0.4, 0.5) is 0 Å². The van der Waals surface area contributed by atoms with Gasteiger partial charge in [-0.05, 0) is 57.8 Å². The van der Waals surface area contributed by atoms with Crippen LogP contribution >= 0.6 is 0 Å². The van der Waals surface area contributed by atoms with Gasteiger partial charge in [-0.15, -0.1) is 0 Å². The minimum atomic E-state index is -1.12. The molecule has 0 aliphatic rings. The Hall–Kier alpha value is -3.68. The summed E-state index contributed by atoms with van der Waals surface area (Å²) >= 11 is 0. The van der Waals surface area contributed by atoms with E-state index in [2.05, 4.69) is 77.0 Å². The van der Waals surface area contributed by atoms with Crippen LogP contribution in [-0.4, -0.2) is 48.6 Å². The van der Waals surface area contributed by atoms with Gasteiger partial charge in [0, 0.05) is 25.1 Å². The molecule has 0 radical (unpaired) electrons. The van der Waals surface area contributed by atoms with Crippen LogP contribution in [0.15, 0.2) is 72.9 Å². The minimum absolute atomic E-state index is 0.177. The maximum atomic E-state index is 12.1. The van der Waals surface area contributed by atoms with Gasteiger partial charge in [0.25, 0.3) is 0 Å². The summed E-state index contributed by atoms with van der Waals surface area (Å²) in [5, 5.41) is 14.4. The van der Waals surface area contributed by atoms with Crippen molar-refractivity contribution in [2.24, 2.45) is 0 Å². The third-order valence-electron chi connectivity index (χ3n) is 5.11. The van der Waals surface area contributed by atoms with Crippen molar-refractivity contribution in [1.82, 2.24) is 10.6 Å². The Labute approximate surface area is 227 Å². The van der Waals surface area contributed by atoms with E-state index in [1.165, 1.54) is 7.11 Å². The third-order valence-corrected chi connectivity index (χ3v) is 5.11. The number of ether oxygens (including phenoxy) is 1. The molecule has 8 heteroatoms. The van der Waals surface area contributed by atoms with Gasteiger partial charge in [0.15, 0.2) is 0 Å². The summed E-state index contributed by atoms with van der Waals surface area (Å²) in [5.41, 5.74) is 0. The van der Waals surface area contributed by atoms with Crippen LogP contribution in [0.1, 0.15) is 71.1 Å². The summed E-state index contributed by atoms with van der Waals surface area (Å²) in [6.45, 7) is 2.34. The van der Waals surface area contributed by atoms with Gasteiger partial charge in [0.2, 0.25) is 11.8 Å². The first-order valence-corrected chi connectivity index (χ1v) is 13.2. The number of unbranched alkanes of at least 4 members (excludes halogenated alkanes) is 1. The molecular formula is C30H44N2O6. The maximum absolute atomic E-state index is 12.1. The molecule has 3 N–H and O–H groups in total. The number of carboxylic acids is 1. The summed E-state index contributed by atoms with van der Waals surface area (Å²) in [4.78, 5) is 46.0. The van der Waals surface area contributed by atoms with Crippen LogP contribution in [0.25, 0.3) is 0 Å². The van der Waals surface area contributed by atoms with E-state index < -0.39 is 23.9 Å². The highest BCUT2D eigenvalue weighted by molar-refractivity contribution is 5.94. The van der Waals surface area contributed by atoms with Gasteiger partial charge in [0.05, 0.1) is 7.11 Å². The van der Waals surface area contributed by atoms with Gasteiger partial charge >= 0.3 is 11.9 Å². The van der Waals surface area contributed by atoms with Gasteiger partial charge in [-0.25, -0.2) is 9.59 Å². The largest absolute Gasteiger partial charge is 0.480 e. The number of rotatable bonds is 21. The molecule has 0 spiro atoms. The maximum Gasteiger partial charge on any atom is 0.330 e. The molecule has 0 fully saturated rings. The minimum Gasteiger partial charge on any atom is -0.480 e. The van der Waals surface area contributed by atoms with E-state index in [4.69, 9.17) is 0 Å². The van der Waals surface area contributed by atoms with Gasteiger partial charge < -0.3 is 20.5 Å². The predicted octanol–water partition coefficient (Wildman–Crippen LogP) is 5.10. The van der Waals surface area contributed by atoms with Gasteiger partial charge in [-0.2, -0.15) is 0 Å². The standard InChI is InChI=1S/C30H44N2O6/c1-3-4-5-6-7-8-9-10-11-12-13-14-15-16-17-18-19-22-28(34)32-26(30(36)37)21-20-25-31-27(33)23-24-29(35)38-2/h4-5,7-8,10-11,13-14,16-17,23-24,26H,3,6,9,12,15,18-22,25H2,1-2H3,(H,31,33)(H,32,34)(H,36,37)/b5-4-,8-7-,11-10-,14-13-,17-16-,24-23+/t26-/m0/s1. The van der Waals surface area contributed by atoms with Crippen molar-refractivity contribution in [2.45, 2.75) is 77.2 Å². The van der Waals surface area contributed by atoms with E-state index in [-0.39, 0.29) is 25.3 Å². The van der Waals surface area contributed by atoms with Crippen LogP contribution in [0.2, 0.25) is 0 Å². The topological polar surface area (TPSA) is 122 Å². The number of allylic oxidation sites excluding steroid dienone is 10. The number of hydrogen-bond acceptors (Lipinski definition) is 5. The number of amides is 2. The van der Waals surface area contributed by atoms with Crippen molar-refractivity contribution >= 4 is 23.8 Å². The van der Waals surface area contributed by atoms with Gasteiger partial charge in [-0.3, -0.25) is 9.59 Å². The highest BCUT2D eigenvalue weighted by Gasteiger charge is 2.19. The fraction of sp³-hybridized carbons (Fsp3) is 0.467. The lowest BCUT2D eigenvalue weighted by atomic mass is 10.1. The van der Waals surface area contributed by atoms with Crippen molar-refractivity contribution in [3.8, 4) is 0 Å². The predicted molar refractivity (Wildman–Crippen MR) is 151 cm³/mol. The summed E-state index contributed by atoms with van der Waals surface area (Å²) in [6, 6.07) is -1.02. The van der Waals surface area contributed by atoms with Crippen molar-refractivity contribution in [3.63, 3.8) is 0 Å². The first-order chi connectivity index (χ1) is 18.4. The van der Waals surface area contributed by atoms with Crippen molar-refractivity contribution in [1.29, 1.82) is 0 Å². The van der Waals surface area contributed by atoms with E-state index in [1.807, 2.05) is 6.08 Å². The molecule has 0 aromatic carbocycles. The fourth-order valence-electron chi connectivity index (χ4n) is 3.06. The molecule has 0 heterocycles. The molecule has 0 aromatic rings. The number of carbonyl (C=O) groups is 4. The number of hydrogen-bond donors (Lipinski definition) is 3. The Kier molecular flexibility index (Phi) is 22.6. The van der Waals surface area contributed by atoms with Crippen LogP contribution in [-0.2, 0) is 23.9 Å². The number of nitrogens with one attached hydrogen (secondary N) is 2. The second kappa shape index (κ2) is 25.0. The monoisotopic (exact) mass is 528 g/mol. The number of carbonyl (C=O) groups excluding carboxylic acids is 3. The zero-order valence-electron chi connectivity index (χ0n) is 22.8. The van der Waals surface area contributed by atoms with E-state index >= 15 is 0 Å². The number of methoxy groups -OCH3 is 1. The Morgan fingerprint density at radius 3 is 1.87 bits per heavy atom. The molecule has 38 heavy (non-hydrogen) atoms. The third kappa shape index (κ3) is 22.8. The SMILES string of the molecule is CC/C=C\C/C=C\C/C=C\C/C=C\C/C=C\CCCC(=O)N[C@@H](CCCNC(=O)/C=C/C(=O)OC)C(=O)O. The molecule has 0 unspecified atom stereocenters. The summed E-state index contributed by atoms with van der Waals surface area (Å²) < 4.78 is 4.39. The smallest absolute Gasteiger partial charge is 0.330 e. The van der Waals surface area contributed by atoms with E-state index in [0.29, 0.717) is 12.8 Å². The molecule has 210 valence electrons. The summed E-state index contributed by atoms with van der Waals surface area (Å²) in [6.07, 6.45) is 30.2. The van der Waals surface area contributed by atoms with Crippen LogP contribution in [0.5, 0.6) is 0 Å². The number of aliphatic carboxylic acids is 1. The molecule has 0 aliphatic carbocycles. The molecular weight excluding hydrogens is 484 g/mol. The normalized spacial score (nSPS) is 12.9. The lowest BCUT2D eigenvalue weighted by Gasteiger charge is -2.14. The van der Waals surface area contributed by atoms with E-state index in [9.17, 15) is 24.3 Å². The average Bonchev–Trinajstić information content (AvgIpc) is 2.90. The highest BCUT2D eigenvalue weighted by Crippen LogP contribution is 2.02. The van der Waals surface area contributed by atoms with Gasteiger partial charge in [-0.1, -0.05) is 67.7 Å². The fourth-order valence-corrected chi connectivity index (χ4v) is 3.06. The molecule has 1 atom stereocenters. The average molecular weight is 529 g/mol. The molecule has 8 nitrogen and oxygen atoms in total. The van der Waals surface area contributed by atoms with Crippen molar-refractivity contribution in [2.75, 3.05) is 13.7 Å². The Morgan fingerprint density at radius 1 is 0.789 bits per heavy atom. The Morgan fingerprint density at radius 2 is 1.34 bits per heavy atom. The second-order valence-corrected chi connectivity index (χ2v) is 8.35. The van der Waals surface area contributed by atoms with E-state index in [1.54, 1.807) is 0 Å². The lowest BCUT2D eigenvalue weighted by Crippen LogP contribution is -2.41. The van der Waals surface area contributed by atoms with Crippen LogP contribution in [0, 0.1) is 0 Å². The number of esters is 1. The molecule has 0 saturated carbocycles. The first-order valence-electron chi connectivity index (χ1n) is 13.2. The molecule has 0 bridgehead atoms. The van der Waals surface area contributed by atoms with Gasteiger partial charge in [0.1, 0.15) is 6.04 Å². The molecule has 0 aromatic heterocycles. The molecule has 0 rings (SSSR count). The zero-order chi connectivity index (χ0) is 28.3. The van der Waals surface area contributed by atoms with Crippen LogP contribution < -0.4 is 10.6 Å². The van der Waals surface area contributed by atoms with Crippen molar-refractivity contribution in [3.05, 3.63) is 72.9 Å².